The summed E-state index contributed by atoms with van der Waals surface area (Å²) in [5.74, 6) is 0.758. The molecule has 0 saturated heterocycles. The van der Waals surface area contributed by atoms with Crippen LogP contribution < -0.4 is 0 Å². The summed E-state index contributed by atoms with van der Waals surface area (Å²) in [7, 11) is 0. The molecule has 6 nitrogen and oxygen atoms in total. The molecule has 8 heteroatoms. The van der Waals surface area contributed by atoms with Gasteiger partial charge in [-0.3, -0.25) is 4.68 Å². The molecule has 3 aromatic rings. The van der Waals surface area contributed by atoms with Crippen LogP contribution in [0.15, 0.2) is 6.20 Å². The third-order valence-electron chi connectivity index (χ3n) is 2.39. The van der Waals surface area contributed by atoms with Crippen molar-refractivity contribution in [3.05, 3.63) is 17.0 Å². The van der Waals surface area contributed by atoms with Crippen molar-refractivity contribution < 1.29 is 0 Å². The van der Waals surface area contributed by atoms with Gasteiger partial charge in [0.25, 0.3) is 0 Å². The molecular formula is C9H9ClN6S. The molecule has 88 valence electrons. The van der Waals surface area contributed by atoms with Gasteiger partial charge in [0, 0.05) is 12.7 Å². The predicted molar refractivity (Wildman–Crippen MR) is 65.3 cm³/mol. The van der Waals surface area contributed by atoms with Gasteiger partial charge in [-0.1, -0.05) is 22.9 Å². The zero-order chi connectivity index (χ0) is 12.0. The predicted octanol–water partition coefficient (Wildman–Crippen LogP) is 2.03. The van der Waals surface area contributed by atoms with Gasteiger partial charge in [0.15, 0.2) is 10.8 Å². The van der Waals surface area contributed by atoms with Crippen molar-refractivity contribution in [2.45, 2.75) is 20.4 Å². The highest BCUT2D eigenvalue weighted by Gasteiger charge is 2.16. The van der Waals surface area contributed by atoms with Gasteiger partial charge < -0.3 is 0 Å². The van der Waals surface area contributed by atoms with E-state index in [4.69, 9.17) is 11.6 Å². The number of rotatable bonds is 2. The number of fused-ring (bicyclic) bond motifs is 1. The van der Waals surface area contributed by atoms with E-state index in [1.165, 1.54) is 11.3 Å². The van der Waals surface area contributed by atoms with Crippen LogP contribution in [0.4, 0.5) is 0 Å². The van der Waals surface area contributed by atoms with E-state index in [0.29, 0.717) is 10.7 Å². The van der Waals surface area contributed by atoms with E-state index in [1.807, 2.05) is 13.8 Å². The molecule has 0 atom stereocenters. The summed E-state index contributed by atoms with van der Waals surface area (Å²) in [4.78, 5) is 0.750. The van der Waals surface area contributed by atoms with Gasteiger partial charge in [0.1, 0.15) is 5.69 Å². The first-order valence-electron chi connectivity index (χ1n) is 5.11. The summed E-state index contributed by atoms with van der Waals surface area (Å²) in [6, 6.07) is 0. The van der Waals surface area contributed by atoms with Gasteiger partial charge in [0.2, 0.25) is 4.96 Å². The van der Waals surface area contributed by atoms with Crippen molar-refractivity contribution >= 4 is 27.9 Å². The summed E-state index contributed by atoms with van der Waals surface area (Å²) < 4.78 is 3.48. The van der Waals surface area contributed by atoms with Crippen molar-refractivity contribution in [2.75, 3.05) is 0 Å². The zero-order valence-electron chi connectivity index (χ0n) is 9.25. The van der Waals surface area contributed by atoms with E-state index in [0.717, 1.165) is 22.3 Å². The quantitative estimate of drug-likeness (QED) is 0.713. The standard InChI is InChI=1S/C9H9ClN6S/c1-3-15-4-6(10)7(13-15)8-14-16-5(2)11-12-9(16)17-8/h4H,3H2,1-2H3. The van der Waals surface area contributed by atoms with Crippen molar-refractivity contribution in [3.8, 4) is 10.7 Å². The van der Waals surface area contributed by atoms with Crippen LogP contribution in [0.25, 0.3) is 15.7 Å². The maximum absolute atomic E-state index is 6.13. The van der Waals surface area contributed by atoms with Gasteiger partial charge >= 0.3 is 0 Å². The summed E-state index contributed by atoms with van der Waals surface area (Å²) in [5.41, 5.74) is 0.698. The molecule has 0 aromatic carbocycles. The first-order valence-corrected chi connectivity index (χ1v) is 6.30. The topological polar surface area (TPSA) is 60.9 Å². The van der Waals surface area contributed by atoms with Crippen molar-refractivity contribution in [1.82, 2.24) is 29.6 Å². The minimum atomic E-state index is 0.606. The molecule has 0 aliphatic carbocycles. The largest absolute Gasteiger partial charge is 0.271 e. The lowest BCUT2D eigenvalue weighted by Crippen LogP contribution is -1.94. The van der Waals surface area contributed by atoms with Crippen molar-refractivity contribution in [3.63, 3.8) is 0 Å². The number of aryl methyl sites for hydroxylation is 2. The van der Waals surface area contributed by atoms with Gasteiger partial charge in [-0.2, -0.15) is 14.7 Å². The summed E-state index contributed by atoms with van der Waals surface area (Å²) in [5, 5.41) is 18.1. The Morgan fingerprint density at radius 3 is 2.82 bits per heavy atom. The molecular weight excluding hydrogens is 260 g/mol. The molecule has 3 aromatic heterocycles. The van der Waals surface area contributed by atoms with E-state index < -0.39 is 0 Å². The molecule has 0 spiro atoms. The normalized spacial score (nSPS) is 11.5. The van der Waals surface area contributed by atoms with Gasteiger partial charge in [-0.05, 0) is 13.8 Å². The number of nitrogens with zero attached hydrogens (tertiary/aromatic N) is 6. The van der Waals surface area contributed by atoms with Gasteiger partial charge in [-0.25, -0.2) is 0 Å². The van der Waals surface area contributed by atoms with Gasteiger partial charge in [0.05, 0.1) is 5.02 Å². The second-order valence-electron chi connectivity index (χ2n) is 3.53. The first kappa shape index (κ1) is 10.7. The Morgan fingerprint density at radius 2 is 2.18 bits per heavy atom. The van der Waals surface area contributed by atoms with Crippen LogP contribution in [0.2, 0.25) is 5.02 Å². The Bertz CT molecular complexity index is 681. The fraction of sp³-hybridized carbons (Fsp3) is 0.333. The molecule has 0 bridgehead atoms. The fourth-order valence-electron chi connectivity index (χ4n) is 1.51. The van der Waals surface area contributed by atoms with Gasteiger partial charge in [-0.15, -0.1) is 10.2 Å². The van der Waals surface area contributed by atoms with E-state index in [-0.39, 0.29) is 0 Å². The number of halogens is 1. The lowest BCUT2D eigenvalue weighted by Gasteiger charge is -1.91. The first-order chi connectivity index (χ1) is 8.19. The molecule has 0 fully saturated rings. The summed E-state index contributed by atoms with van der Waals surface area (Å²) in [6.07, 6.45) is 1.80. The summed E-state index contributed by atoms with van der Waals surface area (Å²) >= 11 is 7.56. The summed E-state index contributed by atoms with van der Waals surface area (Å²) in [6.45, 7) is 4.65. The minimum absolute atomic E-state index is 0.606. The minimum Gasteiger partial charge on any atom is -0.271 e. The number of hydrogen-bond donors (Lipinski definition) is 0. The number of aromatic nitrogens is 6. The molecule has 0 saturated carbocycles. The van der Waals surface area contributed by atoms with E-state index in [9.17, 15) is 0 Å². The lowest BCUT2D eigenvalue weighted by molar-refractivity contribution is 0.661. The van der Waals surface area contributed by atoms with Crippen LogP contribution >= 0.6 is 22.9 Å². The van der Waals surface area contributed by atoms with Crippen molar-refractivity contribution in [2.24, 2.45) is 0 Å². The molecule has 0 unspecified atom stereocenters. The maximum atomic E-state index is 6.13. The fourth-order valence-corrected chi connectivity index (χ4v) is 2.69. The average Bonchev–Trinajstić information content (AvgIpc) is 2.95. The SMILES string of the molecule is CCn1cc(Cl)c(-c2nn3c(C)nnc3s2)n1. The van der Waals surface area contributed by atoms with E-state index in [1.54, 1.807) is 15.4 Å². The molecule has 3 rings (SSSR count). The Balaban J connectivity index is 2.16. The van der Waals surface area contributed by atoms with E-state index in [2.05, 4.69) is 20.4 Å². The highest BCUT2D eigenvalue weighted by atomic mass is 35.5. The van der Waals surface area contributed by atoms with Crippen LogP contribution in [-0.2, 0) is 6.54 Å². The lowest BCUT2D eigenvalue weighted by atomic mass is 10.5. The Hall–Kier alpha value is -1.47. The molecule has 0 radical (unpaired) electrons. The van der Waals surface area contributed by atoms with Crippen LogP contribution in [0.5, 0.6) is 0 Å². The highest BCUT2D eigenvalue weighted by molar-refractivity contribution is 7.19. The highest BCUT2D eigenvalue weighted by Crippen LogP contribution is 2.29. The molecule has 3 heterocycles. The average molecular weight is 269 g/mol. The van der Waals surface area contributed by atoms with Crippen LogP contribution in [0, 0.1) is 6.92 Å². The maximum Gasteiger partial charge on any atom is 0.235 e. The second-order valence-corrected chi connectivity index (χ2v) is 4.89. The third kappa shape index (κ3) is 1.62. The number of hydrogen-bond acceptors (Lipinski definition) is 5. The molecule has 17 heavy (non-hydrogen) atoms. The Labute approximate surface area is 106 Å². The molecule has 0 amide bonds. The third-order valence-corrected chi connectivity index (χ3v) is 3.57. The molecule has 0 N–H and O–H groups in total. The monoisotopic (exact) mass is 268 g/mol. The Kier molecular flexibility index (Phi) is 2.37. The molecule has 0 aliphatic rings. The second kappa shape index (κ2) is 3.78. The zero-order valence-corrected chi connectivity index (χ0v) is 10.8. The van der Waals surface area contributed by atoms with Crippen LogP contribution in [0.1, 0.15) is 12.7 Å². The smallest absolute Gasteiger partial charge is 0.235 e. The molecule has 0 aliphatic heterocycles. The van der Waals surface area contributed by atoms with Crippen molar-refractivity contribution in [1.29, 1.82) is 0 Å². The van der Waals surface area contributed by atoms with Crippen LogP contribution in [0.3, 0.4) is 0 Å². The van der Waals surface area contributed by atoms with E-state index >= 15 is 0 Å². The Morgan fingerprint density at radius 1 is 1.35 bits per heavy atom. The van der Waals surface area contributed by atoms with Crippen LogP contribution in [-0.4, -0.2) is 29.6 Å².